The summed E-state index contributed by atoms with van der Waals surface area (Å²) in [6.45, 7) is 0. The van der Waals surface area contributed by atoms with Gasteiger partial charge in [0.15, 0.2) is 0 Å². The molecule has 1 atom stereocenters. The zero-order valence-corrected chi connectivity index (χ0v) is 10.9. The normalized spacial score (nSPS) is 12.7. The van der Waals surface area contributed by atoms with E-state index in [2.05, 4.69) is 10.3 Å². The second-order valence-electron chi connectivity index (χ2n) is 3.23. The molecule has 2 rings (SSSR count). The summed E-state index contributed by atoms with van der Waals surface area (Å²) in [6.07, 6.45) is 1.74. The second-order valence-corrected chi connectivity index (χ2v) is 5.39. The molecule has 2 heterocycles. The van der Waals surface area contributed by atoms with Crippen LogP contribution in [0.15, 0.2) is 30.5 Å². The lowest BCUT2D eigenvalue weighted by atomic mass is 10.1. The van der Waals surface area contributed by atoms with Gasteiger partial charge in [0.25, 0.3) is 0 Å². The first-order valence-electron chi connectivity index (χ1n) is 4.75. The molecule has 84 valence electrons. The van der Waals surface area contributed by atoms with Crippen LogP contribution in [0.4, 0.5) is 0 Å². The summed E-state index contributed by atoms with van der Waals surface area (Å²) in [5.74, 6) is 0. The Morgan fingerprint density at radius 2 is 2.12 bits per heavy atom. The third-order valence-electron chi connectivity index (χ3n) is 2.23. The summed E-state index contributed by atoms with van der Waals surface area (Å²) in [5.41, 5.74) is 0.824. The molecule has 5 heteroatoms. The van der Waals surface area contributed by atoms with E-state index in [0.717, 1.165) is 14.9 Å². The van der Waals surface area contributed by atoms with Gasteiger partial charge in [-0.05, 0) is 31.3 Å². The molecule has 0 aliphatic carbocycles. The Hall–Kier alpha value is -0.610. The van der Waals surface area contributed by atoms with Crippen LogP contribution >= 0.6 is 34.5 Å². The molecular weight excluding hydrogens is 263 g/mol. The fraction of sp³-hybridized carbons (Fsp3) is 0.182. The largest absolute Gasteiger partial charge is 0.307 e. The highest BCUT2D eigenvalue weighted by Gasteiger charge is 2.17. The van der Waals surface area contributed by atoms with Gasteiger partial charge in [0.2, 0.25) is 0 Å². The van der Waals surface area contributed by atoms with Crippen molar-refractivity contribution in [1.29, 1.82) is 0 Å². The third-order valence-corrected chi connectivity index (χ3v) is 3.84. The highest BCUT2D eigenvalue weighted by atomic mass is 35.5. The number of thiophene rings is 1. The fourth-order valence-corrected chi connectivity index (χ4v) is 2.91. The molecule has 0 saturated carbocycles. The minimum atomic E-state index is -0.00815. The van der Waals surface area contributed by atoms with Crippen molar-refractivity contribution in [3.63, 3.8) is 0 Å². The number of hydrogen-bond donors (Lipinski definition) is 1. The van der Waals surface area contributed by atoms with Gasteiger partial charge in [0.1, 0.15) is 0 Å². The van der Waals surface area contributed by atoms with E-state index in [9.17, 15) is 0 Å². The zero-order chi connectivity index (χ0) is 11.5. The summed E-state index contributed by atoms with van der Waals surface area (Å²) >= 11 is 13.6. The molecule has 1 unspecified atom stereocenters. The second kappa shape index (κ2) is 5.15. The van der Waals surface area contributed by atoms with E-state index < -0.39 is 0 Å². The number of hydrogen-bond acceptors (Lipinski definition) is 3. The number of nitrogens with one attached hydrogen (secondary N) is 1. The van der Waals surface area contributed by atoms with E-state index in [1.807, 2.05) is 31.3 Å². The van der Waals surface area contributed by atoms with Gasteiger partial charge in [-0.15, -0.1) is 11.3 Å². The minimum absolute atomic E-state index is 0.00815. The van der Waals surface area contributed by atoms with Gasteiger partial charge in [-0.2, -0.15) is 0 Å². The third kappa shape index (κ3) is 2.38. The first kappa shape index (κ1) is 11.9. The number of nitrogens with zero attached hydrogens (tertiary/aromatic N) is 1. The molecule has 0 aromatic carbocycles. The van der Waals surface area contributed by atoms with Crippen molar-refractivity contribution in [3.05, 3.63) is 50.4 Å². The van der Waals surface area contributed by atoms with Crippen LogP contribution in [0.3, 0.4) is 0 Å². The average molecular weight is 273 g/mol. The number of halogens is 2. The molecule has 1 N–H and O–H groups in total. The van der Waals surface area contributed by atoms with Crippen molar-refractivity contribution in [2.24, 2.45) is 0 Å². The van der Waals surface area contributed by atoms with E-state index in [1.54, 1.807) is 6.20 Å². The van der Waals surface area contributed by atoms with Gasteiger partial charge in [-0.1, -0.05) is 23.2 Å². The Kier molecular flexibility index (Phi) is 3.82. The zero-order valence-electron chi connectivity index (χ0n) is 8.58. The molecule has 0 saturated heterocycles. The SMILES string of the molecule is CNC(c1ccc(Cl)s1)c1ncccc1Cl. The monoisotopic (exact) mass is 272 g/mol. The van der Waals surface area contributed by atoms with Crippen molar-refractivity contribution in [2.45, 2.75) is 6.04 Å². The van der Waals surface area contributed by atoms with Crippen molar-refractivity contribution in [2.75, 3.05) is 7.05 Å². The van der Waals surface area contributed by atoms with Crippen LogP contribution in [0.1, 0.15) is 16.6 Å². The Balaban J connectivity index is 2.40. The van der Waals surface area contributed by atoms with Crippen LogP contribution in [0.25, 0.3) is 0 Å². The van der Waals surface area contributed by atoms with Crippen molar-refractivity contribution in [3.8, 4) is 0 Å². The lowest BCUT2D eigenvalue weighted by molar-refractivity contribution is 0.682. The molecule has 0 radical (unpaired) electrons. The standard InChI is InChI=1S/C11H10Cl2N2S/c1-14-11(8-4-5-9(13)16-8)10-7(12)3-2-6-15-10/h2-6,11,14H,1H3. The van der Waals surface area contributed by atoms with Gasteiger partial charge in [-0.3, -0.25) is 4.98 Å². The maximum Gasteiger partial charge on any atom is 0.0931 e. The predicted molar refractivity (Wildman–Crippen MR) is 69.5 cm³/mol. The van der Waals surface area contributed by atoms with Crippen LogP contribution in [-0.4, -0.2) is 12.0 Å². The number of pyridine rings is 1. The van der Waals surface area contributed by atoms with Crippen molar-refractivity contribution >= 4 is 34.5 Å². The molecule has 0 fully saturated rings. The maximum atomic E-state index is 6.12. The van der Waals surface area contributed by atoms with Crippen LogP contribution in [-0.2, 0) is 0 Å². The first-order chi connectivity index (χ1) is 7.72. The maximum absolute atomic E-state index is 6.12. The summed E-state index contributed by atoms with van der Waals surface area (Å²) in [7, 11) is 1.88. The average Bonchev–Trinajstić information content (AvgIpc) is 2.69. The summed E-state index contributed by atoms with van der Waals surface area (Å²) in [4.78, 5) is 5.41. The summed E-state index contributed by atoms with van der Waals surface area (Å²) < 4.78 is 0.766. The van der Waals surface area contributed by atoms with Crippen LogP contribution in [0.2, 0.25) is 9.36 Å². The van der Waals surface area contributed by atoms with Crippen LogP contribution in [0, 0.1) is 0 Å². The Bertz CT molecular complexity index is 484. The van der Waals surface area contributed by atoms with Gasteiger partial charge in [-0.25, -0.2) is 0 Å². The van der Waals surface area contributed by atoms with Gasteiger partial charge >= 0.3 is 0 Å². The molecule has 0 aliphatic heterocycles. The quantitative estimate of drug-likeness (QED) is 0.921. The van der Waals surface area contributed by atoms with Gasteiger partial charge in [0, 0.05) is 11.1 Å². The fourth-order valence-electron chi connectivity index (χ4n) is 1.51. The van der Waals surface area contributed by atoms with Crippen molar-refractivity contribution < 1.29 is 0 Å². The van der Waals surface area contributed by atoms with Gasteiger partial charge in [0.05, 0.1) is 21.1 Å². The van der Waals surface area contributed by atoms with E-state index in [4.69, 9.17) is 23.2 Å². The lowest BCUT2D eigenvalue weighted by Gasteiger charge is -2.14. The van der Waals surface area contributed by atoms with E-state index in [1.165, 1.54) is 11.3 Å². The number of rotatable bonds is 3. The highest BCUT2D eigenvalue weighted by Crippen LogP contribution is 2.32. The van der Waals surface area contributed by atoms with E-state index >= 15 is 0 Å². The van der Waals surface area contributed by atoms with E-state index in [-0.39, 0.29) is 6.04 Å². The topological polar surface area (TPSA) is 24.9 Å². The molecule has 0 bridgehead atoms. The van der Waals surface area contributed by atoms with Crippen molar-refractivity contribution in [1.82, 2.24) is 10.3 Å². The highest BCUT2D eigenvalue weighted by molar-refractivity contribution is 7.16. The Morgan fingerprint density at radius 1 is 1.31 bits per heavy atom. The smallest absolute Gasteiger partial charge is 0.0931 e. The molecular formula is C11H10Cl2N2S. The molecule has 16 heavy (non-hydrogen) atoms. The molecule has 0 aliphatic rings. The Labute approximate surface area is 108 Å². The molecule has 2 aromatic rings. The molecule has 2 nitrogen and oxygen atoms in total. The predicted octanol–water partition coefficient (Wildman–Crippen LogP) is 3.76. The minimum Gasteiger partial charge on any atom is -0.307 e. The van der Waals surface area contributed by atoms with Crippen LogP contribution < -0.4 is 5.32 Å². The molecule has 2 aromatic heterocycles. The Morgan fingerprint density at radius 3 is 2.69 bits per heavy atom. The summed E-state index contributed by atoms with van der Waals surface area (Å²) in [6, 6.07) is 7.51. The molecule has 0 spiro atoms. The first-order valence-corrected chi connectivity index (χ1v) is 6.32. The summed E-state index contributed by atoms with van der Waals surface area (Å²) in [5, 5.41) is 3.85. The number of aromatic nitrogens is 1. The van der Waals surface area contributed by atoms with Crippen LogP contribution in [0.5, 0.6) is 0 Å². The lowest BCUT2D eigenvalue weighted by Crippen LogP contribution is -2.18. The van der Waals surface area contributed by atoms with Gasteiger partial charge < -0.3 is 5.32 Å². The van der Waals surface area contributed by atoms with E-state index in [0.29, 0.717) is 5.02 Å². The molecule has 0 amide bonds.